The number of nitrogens with one attached hydrogen (secondary N) is 1. The Morgan fingerprint density at radius 2 is 1.69 bits per heavy atom. The second kappa shape index (κ2) is 11.9. The lowest BCUT2D eigenvalue weighted by molar-refractivity contribution is -0.139. The average Bonchev–Trinajstić information content (AvgIpc) is 2.79. The van der Waals surface area contributed by atoms with Gasteiger partial charge in [0.2, 0.25) is 11.8 Å². The SMILES string of the molecule is C[C@@H]1CCCC[C@H]1NC(=O)[C@H](c1ccccc1Cl)N(CCc1ccccc1Cl)C(=O)CCl. The molecule has 0 spiro atoms. The summed E-state index contributed by atoms with van der Waals surface area (Å²) in [7, 11) is 0. The topological polar surface area (TPSA) is 49.4 Å². The van der Waals surface area contributed by atoms with Crippen molar-refractivity contribution in [1.29, 1.82) is 0 Å². The van der Waals surface area contributed by atoms with Crippen molar-refractivity contribution in [3.05, 3.63) is 69.7 Å². The van der Waals surface area contributed by atoms with Gasteiger partial charge >= 0.3 is 0 Å². The molecule has 2 amide bonds. The Balaban J connectivity index is 1.92. The summed E-state index contributed by atoms with van der Waals surface area (Å²) in [6.07, 6.45) is 4.78. The van der Waals surface area contributed by atoms with Crippen LogP contribution in [0.2, 0.25) is 10.0 Å². The van der Waals surface area contributed by atoms with Gasteiger partial charge in [-0.25, -0.2) is 0 Å². The van der Waals surface area contributed by atoms with Crippen molar-refractivity contribution >= 4 is 46.6 Å². The number of hydrogen-bond donors (Lipinski definition) is 1. The van der Waals surface area contributed by atoms with Gasteiger partial charge in [-0.3, -0.25) is 9.59 Å². The van der Waals surface area contributed by atoms with Crippen LogP contribution in [0.4, 0.5) is 0 Å². The van der Waals surface area contributed by atoms with Crippen LogP contribution in [0.5, 0.6) is 0 Å². The van der Waals surface area contributed by atoms with Gasteiger partial charge in [-0.05, 0) is 42.9 Å². The molecule has 0 aliphatic heterocycles. The zero-order valence-electron chi connectivity index (χ0n) is 18.2. The van der Waals surface area contributed by atoms with Crippen LogP contribution in [0.25, 0.3) is 0 Å². The van der Waals surface area contributed by atoms with Gasteiger partial charge in [0.1, 0.15) is 11.9 Å². The van der Waals surface area contributed by atoms with Gasteiger partial charge in [-0.15, -0.1) is 11.6 Å². The molecule has 3 rings (SSSR count). The Morgan fingerprint density at radius 3 is 2.34 bits per heavy atom. The smallest absolute Gasteiger partial charge is 0.247 e. The lowest BCUT2D eigenvalue weighted by Crippen LogP contribution is -2.49. The van der Waals surface area contributed by atoms with E-state index in [1.54, 1.807) is 12.1 Å². The number of alkyl halides is 1. The van der Waals surface area contributed by atoms with E-state index in [0.717, 1.165) is 24.8 Å². The molecule has 2 aromatic rings. The molecule has 0 unspecified atom stereocenters. The molecule has 1 fully saturated rings. The minimum Gasteiger partial charge on any atom is -0.351 e. The van der Waals surface area contributed by atoms with Crippen molar-refractivity contribution in [2.24, 2.45) is 5.92 Å². The zero-order valence-corrected chi connectivity index (χ0v) is 20.5. The maximum atomic E-state index is 13.6. The number of benzene rings is 2. The summed E-state index contributed by atoms with van der Waals surface area (Å²) >= 11 is 18.8. The number of rotatable bonds is 8. The standard InChI is InChI=1S/C25H29Cl3N2O2/c1-17-8-2-7-13-22(17)29-25(32)24(19-10-4-6-12-21(19)28)30(23(31)16-26)15-14-18-9-3-5-11-20(18)27/h3-6,9-12,17,22,24H,2,7-8,13-16H2,1H3,(H,29,32)/t17-,22-,24+/m1/s1. The molecule has 0 aromatic heterocycles. The molecule has 3 atom stereocenters. The first kappa shape index (κ1) is 24.9. The van der Waals surface area contributed by atoms with E-state index in [0.29, 0.717) is 34.5 Å². The zero-order chi connectivity index (χ0) is 23.1. The number of carbonyl (C=O) groups is 2. The van der Waals surface area contributed by atoms with E-state index < -0.39 is 6.04 Å². The highest BCUT2D eigenvalue weighted by Crippen LogP contribution is 2.31. The molecular formula is C25H29Cl3N2O2. The summed E-state index contributed by atoms with van der Waals surface area (Å²) in [6.45, 7) is 2.45. The maximum Gasteiger partial charge on any atom is 0.247 e. The van der Waals surface area contributed by atoms with Crippen molar-refractivity contribution < 1.29 is 9.59 Å². The highest BCUT2D eigenvalue weighted by Gasteiger charge is 2.34. The van der Waals surface area contributed by atoms with Gasteiger partial charge in [0.05, 0.1) is 0 Å². The van der Waals surface area contributed by atoms with Crippen LogP contribution in [-0.2, 0) is 16.0 Å². The first-order valence-electron chi connectivity index (χ1n) is 11.1. The molecule has 0 heterocycles. The number of hydrogen-bond acceptors (Lipinski definition) is 2. The molecular weight excluding hydrogens is 467 g/mol. The second-order valence-corrected chi connectivity index (χ2v) is 9.44. The third-order valence-electron chi connectivity index (χ3n) is 6.21. The molecule has 1 aliphatic rings. The average molecular weight is 496 g/mol. The van der Waals surface area contributed by atoms with Crippen LogP contribution < -0.4 is 5.32 Å². The van der Waals surface area contributed by atoms with E-state index in [-0.39, 0.29) is 23.7 Å². The Bertz CT molecular complexity index is 937. The van der Waals surface area contributed by atoms with E-state index in [2.05, 4.69) is 12.2 Å². The van der Waals surface area contributed by atoms with Crippen molar-refractivity contribution in [1.82, 2.24) is 10.2 Å². The van der Waals surface area contributed by atoms with E-state index in [1.165, 1.54) is 11.3 Å². The van der Waals surface area contributed by atoms with Gasteiger partial charge in [-0.2, -0.15) is 0 Å². The molecule has 1 N–H and O–H groups in total. The Kier molecular flexibility index (Phi) is 9.27. The summed E-state index contributed by atoms with van der Waals surface area (Å²) in [5, 5.41) is 4.27. The molecule has 4 nitrogen and oxygen atoms in total. The van der Waals surface area contributed by atoms with Crippen LogP contribution in [0.1, 0.15) is 49.8 Å². The molecule has 2 aromatic carbocycles. The number of carbonyl (C=O) groups excluding carboxylic acids is 2. The van der Waals surface area contributed by atoms with E-state index in [9.17, 15) is 9.59 Å². The van der Waals surface area contributed by atoms with E-state index in [1.807, 2.05) is 36.4 Å². The van der Waals surface area contributed by atoms with Gasteiger partial charge in [0.15, 0.2) is 0 Å². The Hall–Kier alpha value is -1.75. The molecule has 172 valence electrons. The monoisotopic (exact) mass is 494 g/mol. The lowest BCUT2D eigenvalue weighted by atomic mass is 9.85. The van der Waals surface area contributed by atoms with Gasteiger partial charge in [0.25, 0.3) is 0 Å². The number of halogens is 3. The first-order chi connectivity index (χ1) is 15.4. The summed E-state index contributed by atoms with van der Waals surface area (Å²) in [5.41, 5.74) is 1.49. The predicted octanol–water partition coefficient (Wildman–Crippen LogP) is 6.04. The third-order valence-corrected chi connectivity index (χ3v) is 7.16. The third kappa shape index (κ3) is 6.18. The molecule has 0 saturated heterocycles. The van der Waals surface area contributed by atoms with Gasteiger partial charge in [-0.1, -0.05) is 79.4 Å². The van der Waals surface area contributed by atoms with E-state index in [4.69, 9.17) is 34.8 Å². The molecule has 1 saturated carbocycles. The van der Waals surface area contributed by atoms with Gasteiger partial charge in [0, 0.05) is 28.2 Å². The van der Waals surface area contributed by atoms with Crippen LogP contribution in [0, 0.1) is 5.92 Å². The Labute approximate surface area is 205 Å². The predicted molar refractivity (Wildman–Crippen MR) is 131 cm³/mol. The molecule has 1 aliphatic carbocycles. The van der Waals surface area contributed by atoms with Crippen molar-refractivity contribution in [3.63, 3.8) is 0 Å². The molecule has 32 heavy (non-hydrogen) atoms. The van der Waals surface area contributed by atoms with Crippen LogP contribution in [0.3, 0.4) is 0 Å². The van der Waals surface area contributed by atoms with Crippen molar-refractivity contribution in [2.45, 2.75) is 51.1 Å². The fourth-order valence-corrected chi connectivity index (χ4v) is 4.98. The summed E-state index contributed by atoms with van der Waals surface area (Å²) in [5.74, 6) is -0.388. The summed E-state index contributed by atoms with van der Waals surface area (Å²) in [4.78, 5) is 28.1. The highest BCUT2D eigenvalue weighted by molar-refractivity contribution is 6.32. The largest absolute Gasteiger partial charge is 0.351 e. The normalized spacial score (nSPS) is 19.2. The first-order valence-corrected chi connectivity index (χ1v) is 12.3. The summed E-state index contributed by atoms with van der Waals surface area (Å²) in [6, 6.07) is 13.9. The van der Waals surface area contributed by atoms with E-state index >= 15 is 0 Å². The number of nitrogens with zero attached hydrogens (tertiary/aromatic N) is 1. The maximum absolute atomic E-state index is 13.6. The lowest BCUT2D eigenvalue weighted by Gasteiger charge is -2.35. The summed E-state index contributed by atoms with van der Waals surface area (Å²) < 4.78 is 0. The van der Waals surface area contributed by atoms with Crippen LogP contribution in [0.15, 0.2) is 48.5 Å². The van der Waals surface area contributed by atoms with Crippen molar-refractivity contribution in [3.8, 4) is 0 Å². The Morgan fingerprint density at radius 1 is 1.03 bits per heavy atom. The fourth-order valence-electron chi connectivity index (χ4n) is 4.36. The van der Waals surface area contributed by atoms with Gasteiger partial charge < -0.3 is 10.2 Å². The molecule has 0 radical (unpaired) electrons. The fraction of sp³-hybridized carbons (Fsp3) is 0.440. The number of amides is 2. The molecule has 0 bridgehead atoms. The molecule has 7 heteroatoms. The van der Waals surface area contributed by atoms with Crippen molar-refractivity contribution in [2.75, 3.05) is 12.4 Å². The highest BCUT2D eigenvalue weighted by atomic mass is 35.5. The van der Waals surface area contributed by atoms with Crippen LogP contribution in [-0.4, -0.2) is 35.2 Å². The minimum absolute atomic E-state index is 0.0813. The second-order valence-electron chi connectivity index (χ2n) is 8.36. The minimum atomic E-state index is -0.869. The van der Waals surface area contributed by atoms with Crippen LogP contribution >= 0.6 is 34.8 Å². The quantitative estimate of drug-likeness (QED) is 0.454.